The van der Waals surface area contributed by atoms with Crippen LogP contribution < -0.4 is 0 Å². The molecule has 1 rings (SSSR count). The molecule has 1 heterocycles. The molecule has 0 bridgehead atoms. The Balaban J connectivity index is 2.71. The maximum atomic E-state index is 12.5. The molecule has 0 spiro atoms. The van der Waals surface area contributed by atoms with E-state index in [4.69, 9.17) is 4.74 Å². The van der Waals surface area contributed by atoms with Crippen molar-refractivity contribution in [2.75, 3.05) is 31.7 Å². The van der Waals surface area contributed by atoms with Gasteiger partial charge >= 0.3 is 5.97 Å². The van der Waals surface area contributed by atoms with Crippen molar-refractivity contribution in [2.45, 2.75) is 32.7 Å². The summed E-state index contributed by atoms with van der Waals surface area (Å²) in [5.41, 5.74) is 0. The predicted molar refractivity (Wildman–Crippen MR) is 73.8 cm³/mol. The average Bonchev–Trinajstić information content (AvgIpc) is 2.36. The summed E-state index contributed by atoms with van der Waals surface area (Å²) >= 11 is 1.78. The van der Waals surface area contributed by atoms with E-state index in [0.717, 1.165) is 24.5 Å². The summed E-state index contributed by atoms with van der Waals surface area (Å²) in [5, 5.41) is 0. The molecule has 1 aliphatic heterocycles. The van der Waals surface area contributed by atoms with Crippen molar-refractivity contribution in [1.29, 1.82) is 0 Å². The summed E-state index contributed by atoms with van der Waals surface area (Å²) in [4.78, 5) is 26.4. The van der Waals surface area contributed by atoms with E-state index in [9.17, 15) is 9.59 Å². The smallest absolute Gasteiger partial charge is 0.316 e. The number of Topliss-reactive ketones (excluding diaryl/α,β-unsaturated/α-hetero) is 1. The second-order valence-corrected chi connectivity index (χ2v) is 5.72. The second-order valence-electron chi connectivity index (χ2n) is 4.57. The average molecular weight is 273 g/mol. The van der Waals surface area contributed by atoms with Gasteiger partial charge in [0.25, 0.3) is 0 Å². The monoisotopic (exact) mass is 273 g/mol. The first-order valence-corrected chi connectivity index (χ1v) is 7.75. The molecule has 0 aliphatic carbocycles. The van der Waals surface area contributed by atoms with Crippen LogP contribution >= 0.6 is 11.8 Å². The Labute approximate surface area is 113 Å². The molecule has 1 aliphatic rings. The molecular formula is C13H23NO3S. The fourth-order valence-electron chi connectivity index (χ4n) is 2.13. The minimum atomic E-state index is -0.582. The molecule has 0 aromatic rings. The summed E-state index contributed by atoms with van der Waals surface area (Å²) in [6, 6.07) is -0.135. The van der Waals surface area contributed by atoms with E-state index < -0.39 is 5.92 Å². The number of carbonyl (C=O) groups excluding carboxylic acids is 2. The normalized spacial score (nSPS) is 22.5. The van der Waals surface area contributed by atoms with Crippen LogP contribution in [0.15, 0.2) is 0 Å². The van der Waals surface area contributed by atoms with E-state index in [1.807, 2.05) is 14.0 Å². The van der Waals surface area contributed by atoms with Crippen LogP contribution in [0.2, 0.25) is 0 Å². The molecule has 4 nitrogen and oxygen atoms in total. The number of rotatable bonds is 6. The van der Waals surface area contributed by atoms with Crippen LogP contribution in [0.3, 0.4) is 0 Å². The number of esters is 1. The molecule has 5 heteroatoms. The van der Waals surface area contributed by atoms with Gasteiger partial charge in [0, 0.05) is 18.1 Å². The van der Waals surface area contributed by atoms with Crippen molar-refractivity contribution in [1.82, 2.24) is 4.90 Å². The molecule has 0 aromatic heterocycles. The zero-order valence-electron chi connectivity index (χ0n) is 11.5. The number of likely N-dealkylation sites (N-methyl/N-ethyl adjacent to an activating group) is 1. The van der Waals surface area contributed by atoms with Gasteiger partial charge in [0.05, 0.1) is 12.6 Å². The highest BCUT2D eigenvalue weighted by Gasteiger charge is 2.35. The van der Waals surface area contributed by atoms with Crippen LogP contribution in [0.5, 0.6) is 0 Å². The lowest BCUT2D eigenvalue weighted by Gasteiger charge is -2.32. The molecule has 0 saturated carbocycles. The van der Waals surface area contributed by atoms with Crippen molar-refractivity contribution >= 4 is 23.5 Å². The fraction of sp³-hybridized carbons (Fsp3) is 0.846. The Morgan fingerprint density at radius 2 is 2.17 bits per heavy atom. The summed E-state index contributed by atoms with van der Waals surface area (Å²) in [7, 11) is 1.95. The highest BCUT2D eigenvalue weighted by molar-refractivity contribution is 7.99. The van der Waals surface area contributed by atoms with Crippen molar-refractivity contribution in [3.05, 3.63) is 0 Å². The summed E-state index contributed by atoms with van der Waals surface area (Å²) in [6.07, 6.45) is 1.41. The third kappa shape index (κ3) is 3.99. The number of hydrogen-bond acceptors (Lipinski definition) is 5. The lowest BCUT2D eigenvalue weighted by Crippen LogP contribution is -2.48. The molecule has 0 radical (unpaired) electrons. The van der Waals surface area contributed by atoms with Crippen LogP contribution in [0.25, 0.3) is 0 Å². The van der Waals surface area contributed by atoms with E-state index in [2.05, 4.69) is 4.90 Å². The number of ketones is 1. The molecule has 0 aromatic carbocycles. The number of nitrogens with zero attached hydrogens (tertiary/aromatic N) is 1. The topological polar surface area (TPSA) is 46.6 Å². The van der Waals surface area contributed by atoms with Gasteiger partial charge in [-0.05, 0) is 20.4 Å². The van der Waals surface area contributed by atoms with Gasteiger partial charge in [0.2, 0.25) is 0 Å². The Kier molecular flexibility index (Phi) is 6.71. The second kappa shape index (κ2) is 7.79. The Hall–Kier alpha value is -0.550. The van der Waals surface area contributed by atoms with Gasteiger partial charge in [-0.1, -0.05) is 13.3 Å². The van der Waals surface area contributed by atoms with Crippen LogP contribution in [-0.2, 0) is 14.3 Å². The molecule has 18 heavy (non-hydrogen) atoms. The van der Waals surface area contributed by atoms with E-state index in [1.165, 1.54) is 0 Å². The SMILES string of the molecule is CCCC(C(=O)OCC)C(=O)C1CSCCN1C. The predicted octanol–water partition coefficient (Wildman–Crippen LogP) is 1.58. The number of thioether (sulfide) groups is 1. The minimum absolute atomic E-state index is 0.0324. The van der Waals surface area contributed by atoms with Gasteiger partial charge in [0.15, 0.2) is 5.78 Å². The third-order valence-electron chi connectivity index (χ3n) is 3.22. The van der Waals surface area contributed by atoms with Gasteiger partial charge in [-0.25, -0.2) is 0 Å². The Bertz CT molecular complexity index is 296. The van der Waals surface area contributed by atoms with Crippen molar-refractivity contribution in [2.24, 2.45) is 5.92 Å². The third-order valence-corrected chi connectivity index (χ3v) is 4.24. The Morgan fingerprint density at radius 3 is 2.72 bits per heavy atom. The standard InChI is InChI=1S/C13H23NO3S/c1-4-6-10(13(16)17-5-2)12(15)11-9-18-8-7-14(11)3/h10-11H,4-9H2,1-3H3. The molecule has 1 saturated heterocycles. The number of ether oxygens (including phenoxy) is 1. The van der Waals surface area contributed by atoms with E-state index in [1.54, 1.807) is 18.7 Å². The van der Waals surface area contributed by atoms with Crippen LogP contribution in [0, 0.1) is 5.92 Å². The summed E-state index contributed by atoms with van der Waals surface area (Å²) < 4.78 is 5.02. The highest BCUT2D eigenvalue weighted by Crippen LogP contribution is 2.21. The molecule has 104 valence electrons. The van der Waals surface area contributed by atoms with Crippen molar-refractivity contribution in [3.63, 3.8) is 0 Å². The molecular weight excluding hydrogens is 250 g/mol. The van der Waals surface area contributed by atoms with Gasteiger partial charge in [-0.3, -0.25) is 14.5 Å². The summed E-state index contributed by atoms with van der Waals surface area (Å²) in [5.74, 6) is 0.937. The molecule has 0 N–H and O–H groups in total. The van der Waals surface area contributed by atoms with Crippen molar-refractivity contribution < 1.29 is 14.3 Å². The molecule has 2 atom stereocenters. The lowest BCUT2D eigenvalue weighted by molar-refractivity contribution is -0.153. The van der Waals surface area contributed by atoms with E-state index >= 15 is 0 Å². The first-order valence-electron chi connectivity index (χ1n) is 6.60. The first kappa shape index (κ1) is 15.5. The van der Waals surface area contributed by atoms with E-state index in [0.29, 0.717) is 13.0 Å². The first-order chi connectivity index (χ1) is 8.61. The maximum absolute atomic E-state index is 12.5. The maximum Gasteiger partial charge on any atom is 0.316 e. The van der Waals surface area contributed by atoms with E-state index in [-0.39, 0.29) is 17.8 Å². The molecule has 2 unspecified atom stereocenters. The Morgan fingerprint density at radius 1 is 1.44 bits per heavy atom. The minimum Gasteiger partial charge on any atom is -0.465 e. The van der Waals surface area contributed by atoms with Gasteiger partial charge < -0.3 is 4.74 Å². The molecule has 0 amide bonds. The number of hydrogen-bond donors (Lipinski definition) is 0. The van der Waals surface area contributed by atoms with Gasteiger partial charge in [-0.2, -0.15) is 11.8 Å². The highest BCUT2D eigenvalue weighted by atomic mass is 32.2. The zero-order chi connectivity index (χ0) is 13.5. The van der Waals surface area contributed by atoms with Crippen LogP contribution in [0.1, 0.15) is 26.7 Å². The zero-order valence-corrected chi connectivity index (χ0v) is 12.3. The summed E-state index contributed by atoms with van der Waals surface area (Å²) in [6.45, 7) is 5.00. The van der Waals surface area contributed by atoms with Crippen molar-refractivity contribution in [3.8, 4) is 0 Å². The van der Waals surface area contributed by atoms with Gasteiger partial charge in [0.1, 0.15) is 5.92 Å². The van der Waals surface area contributed by atoms with Crippen LogP contribution in [-0.4, -0.2) is 54.4 Å². The van der Waals surface area contributed by atoms with Crippen LogP contribution in [0.4, 0.5) is 0 Å². The lowest BCUT2D eigenvalue weighted by atomic mass is 9.93. The quantitative estimate of drug-likeness (QED) is 0.543. The van der Waals surface area contributed by atoms with Gasteiger partial charge in [-0.15, -0.1) is 0 Å². The largest absolute Gasteiger partial charge is 0.465 e. The number of carbonyl (C=O) groups is 2. The molecule has 1 fully saturated rings. The fourth-order valence-corrected chi connectivity index (χ4v) is 3.35.